The molecule has 1 saturated heterocycles. The molecule has 4 rings (SSSR count). The Bertz CT molecular complexity index is 1100. The summed E-state index contributed by atoms with van der Waals surface area (Å²) in [5.74, 6) is 0.490. The number of carbonyl (C=O) groups is 2. The monoisotopic (exact) mass is 430 g/mol. The summed E-state index contributed by atoms with van der Waals surface area (Å²) in [5.41, 5.74) is 6.03. The van der Waals surface area contributed by atoms with Crippen LogP contribution in [0, 0.1) is 13.8 Å². The molecule has 1 fully saturated rings. The zero-order valence-electron chi connectivity index (χ0n) is 17.8. The zero-order valence-corrected chi connectivity index (χ0v) is 18.6. The van der Waals surface area contributed by atoms with E-state index in [4.69, 9.17) is 0 Å². The van der Waals surface area contributed by atoms with Crippen LogP contribution in [-0.2, 0) is 16.0 Å². The van der Waals surface area contributed by atoms with Gasteiger partial charge in [0, 0.05) is 23.4 Å². The third-order valence-electron chi connectivity index (χ3n) is 5.46. The highest BCUT2D eigenvalue weighted by atomic mass is 32.2. The smallest absolute Gasteiger partial charge is 0.238 e. The van der Waals surface area contributed by atoms with Gasteiger partial charge in [0.1, 0.15) is 5.37 Å². The maximum Gasteiger partial charge on any atom is 0.238 e. The zero-order chi connectivity index (χ0) is 21.8. The molecule has 1 unspecified atom stereocenters. The molecule has 31 heavy (non-hydrogen) atoms. The molecule has 1 heterocycles. The first-order valence-corrected chi connectivity index (χ1v) is 11.5. The molecular weight excluding hydrogens is 404 g/mol. The molecule has 5 heteroatoms. The Morgan fingerprint density at radius 1 is 1.03 bits per heavy atom. The molecule has 0 radical (unpaired) electrons. The van der Waals surface area contributed by atoms with Crippen molar-refractivity contribution in [3.8, 4) is 0 Å². The van der Waals surface area contributed by atoms with E-state index in [1.54, 1.807) is 11.8 Å². The van der Waals surface area contributed by atoms with Gasteiger partial charge in [-0.2, -0.15) is 0 Å². The van der Waals surface area contributed by atoms with Crippen molar-refractivity contribution >= 4 is 35.0 Å². The third-order valence-corrected chi connectivity index (χ3v) is 6.66. The molecule has 1 N–H and O–H groups in total. The van der Waals surface area contributed by atoms with Crippen molar-refractivity contribution in [1.29, 1.82) is 0 Å². The Balaban J connectivity index is 1.55. The number of thioether (sulfide) groups is 1. The first-order valence-electron chi connectivity index (χ1n) is 10.5. The molecule has 0 bridgehead atoms. The number of rotatable bonds is 6. The van der Waals surface area contributed by atoms with Crippen molar-refractivity contribution in [3.63, 3.8) is 0 Å². The van der Waals surface area contributed by atoms with E-state index in [1.807, 2.05) is 78.6 Å². The highest BCUT2D eigenvalue weighted by molar-refractivity contribution is 8.00. The van der Waals surface area contributed by atoms with Crippen molar-refractivity contribution in [2.24, 2.45) is 0 Å². The predicted octanol–water partition coefficient (Wildman–Crippen LogP) is 5.65. The molecule has 2 amide bonds. The summed E-state index contributed by atoms with van der Waals surface area (Å²) in [6.45, 7) is 4.09. The van der Waals surface area contributed by atoms with Gasteiger partial charge in [0.15, 0.2) is 0 Å². The van der Waals surface area contributed by atoms with E-state index >= 15 is 0 Å². The Morgan fingerprint density at radius 2 is 1.77 bits per heavy atom. The fourth-order valence-electron chi connectivity index (χ4n) is 3.93. The van der Waals surface area contributed by atoms with Gasteiger partial charge in [0.05, 0.1) is 5.75 Å². The van der Waals surface area contributed by atoms with Crippen LogP contribution in [0.25, 0.3) is 0 Å². The van der Waals surface area contributed by atoms with Gasteiger partial charge in [-0.25, -0.2) is 0 Å². The van der Waals surface area contributed by atoms with Crippen LogP contribution in [0.4, 0.5) is 11.4 Å². The number of anilines is 2. The molecular formula is C26H26N2O2S. The maximum absolute atomic E-state index is 12.8. The molecule has 0 aliphatic carbocycles. The van der Waals surface area contributed by atoms with Gasteiger partial charge in [-0.15, -0.1) is 11.8 Å². The third kappa shape index (κ3) is 4.83. The summed E-state index contributed by atoms with van der Waals surface area (Å²) in [6.07, 6.45) is 1.11. The van der Waals surface area contributed by atoms with E-state index in [2.05, 4.69) is 18.3 Å². The lowest BCUT2D eigenvalue weighted by atomic mass is 10.1. The Hall–Kier alpha value is -3.05. The van der Waals surface area contributed by atoms with Crippen molar-refractivity contribution < 1.29 is 9.59 Å². The van der Waals surface area contributed by atoms with Crippen LogP contribution in [0.1, 0.15) is 34.0 Å². The van der Waals surface area contributed by atoms with E-state index < -0.39 is 0 Å². The predicted molar refractivity (Wildman–Crippen MR) is 128 cm³/mol. The average Bonchev–Trinajstić information content (AvgIpc) is 3.14. The molecule has 0 saturated carbocycles. The highest BCUT2D eigenvalue weighted by Gasteiger charge is 2.36. The minimum absolute atomic E-state index is 0.0244. The number of hydrogen-bond acceptors (Lipinski definition) is 3. The van der Waals surface area contributed by atoms with Gasteiger partial charge >= 0.3 is 0 Å². The summed E-state index contributed by atoms with van der Waals surface area (Å²) in [7, 11) is 0. The second-order valence-electron chi connectivity index (χ2n) is 7.84. The summed E-state index contributed by atoms with van der Waals surface area (Å²) in [6, 6.07) is 23.9. The van der Waals surface area contributed by atoms with Crippen LogP contribution in [0.5, 0.6) is 0 Å². The molecule has 3 aromatic rings. The lowest BCUT2D eigenvalue weighted by Crippen LogP contribution is -2.29. The van der Waals surface area contributed by atoms with E-state index in [0.717, 1.165) is 28.1 Å². The number of nitrogens with zero attached hydrogens (tertiary/aromatic N) is 1. The minimum atomic E-state index is -0.167. The van der Waals surface area contributed by atoms with Crippen LogP contribution in [0.15, 0.2) is 72.8 Å². The summed E-state index contributed by atoms with van der Waals surface area (Å²) < 4.78 is 0. The molecule has 0 spiro atoms. The van der Waals surface area contributed by atoms with Crippen LogP contribution >= 0.6 is 11.8 Å². The largest absolute Gasteiger partial charge is 0.326 e. The van der Waals surface area contributed by atoms with Crippen LogP contribution in [0.2, 0.25) is 0 Å². The average molecular weight is 431 g/mol. The molecule has 1 aliphatic rings. The molecule has 1 atom stereocenters. The van der Waals surface area contributed by atoms with Crippen molar-refractivity contribution in [3.05, 3.63) is 95.1 Å². The number of benzene rings is 3. The number of para-hydroxylation sites is 1. The van der Waals surface area contributed by atoms with Crippen LogP contribution in [0.3, 0.4) is 0 Å². The van der Waals surface area contributed by atoms with Crippen LogP contribution < -0.4 is 10.2 Å². The molecule has 1 aliphatic heterocycles. The van der Waals surface area contributed by atoms with E-state index in [0.29, 0.717) is 18.6 Å². The van der Waals surface area contributed by atoms with E-state index in [1.165, 1.54) is 5.56 Å². The van der Waals surface area contributed by atoms with Gasteiger partial charge in [0.2, 0.25) is 11.8 Å². The lowest BCUT2D eigenvalue weighted by molar-refractivity contribution is -0.116. The Labute approximate surface area is 187 Å². The summed E-state index contributed by atoms with van der Waals surface area (Å²) >= 11 is 1.60. The van der Waals surface area contributed by atoms with Crippen LogP contribution in [-0.4, -0.2) is 17.6 Å². The number of aryl methyl sites for hydroxylation is 3. The van der Waals surface area contributed by atoms with Gasteiger partial charge in [-0.1, -0.05) is 66.2 Å². The van der Waals surface area contributed by atoms with Gasteiger partial charge in [-0.3, -0.25) is 14.5 Å². The van der Waals surface area contributed by atoms with Crippen molar-refractivity contribution in [2.75, 3.05) is 16.0 Å². The topological polar surface area (TPSA) is 49.4 Å². The fourth-order valence-corrected chi connectivity index (χ4v) is 5.14. The number of amides is 2. The van der Waals surface area contributed by atoms with Gasteiger partial charge in [-0.05, 0) is 43.5 Å². The lowest BCUT2D eigenvalue weighted by Gasteiger charge is -2.27. The highest BCUT2D eigenvalue weighted by Crippen LogP contribution is 2.45. The maximum atomic E-state index is 12.8. The van der Waals surface area contributed by atoms with Crippen molar-refractivity contribution in [1.82, 2.24) is 0 Å². The van der Waals surface area contributed by atoms with Crippen molar-refractivity contribution in [2.45, 2.75) is 32.1 Å². The number of hydrogen-bond donors (Lipinski definition) is 1. The van der Waals surface area contributed by atoms with E-state index in [9.17, 15) is 9.59 Å². The second-order valence-corrected chi connectivity index (χ2v) is 8.91. The second kappa shape index (κ2) is 9.40. The normalized spacial score (nSPS) is 15.9. The molecule has 4 nitrogen and oxygen atoms in total. The molecule has 158 valence electrons. The minimum Gasteiger partial charge on any atom is -0.326 e. The van der Waals surface area contributed by atoms with Gasteiger partial charge in [0.25, 0.3) is 0 Å². The molecule has 3 aromatic carbocycles. The Kier molecular flexibility index (Phi) is 6.42. The summed E-state index contributed by atoms with van der Waals surface area (Å²) in [5, 5.41) is 2.91. The number of nitrogens with one attached hydrogen (secondary N) is 1. The first-order chi connectivity index (χ1) is 15.0. The SMILES string of the molecule is Cc1ccc(N2C(=O)CSC2c2ccccc2NC(=O)CCc2ccccc2)c(C)c1. The Morgan fingerprint density at radius 3 is 2.55 bits per heavy atom. The molecule has 0 aromatic heterocycles. The standard InChI is InChI=1S/C26H26N2O2S/c1-18-12-14-23(19(2)16-18)28-25(30)17-31-26(28)21-10-6-7-11-22(21)27-24(29)15-13-20-8-4-3-5-9-20/h3-12,14,16,26H,13,15,17H2,1-2H3,(H,27,29). The number of carbonyl (C=O) groups excluding carboxylic acids is 2. The summed E-state index contributed by atoms with van der Waals surface area (Å²) in [4.78, 5) is 27.3. The van der Waals surface area contributed by atoms with Gasteiger partial charge < -0.3 is 5.32 Å². The quantitative estimate of drug-likeness (QED) is 0.549. The fraction of sp³-hybridized carbons (Fsp3) is 0.231. The van der Waals surface area contributed by atoms with E-state index in [-0.39, 0.29) is 17.2 Å². The first kappa shape index (κ1) is 21.2.